The Morgan fingerprint density at radius 1 is 0.676 bits per heavy atom. The van der Waals surface area contributed by atoms with E-state index in [1.807, 2.05) is 30.3 Å². The number of carboxylic acids is 1. The smallest absolute Gasteiger partial charge is 0.376 e. The summed E-state index contributed by atoms with van der Waals surface area (Å²) in [6.07, 6.45) is 18.8. The predicted octanol–water partition coefficient (Wildman–Crippen LogP) is 8.62. The minimum atomic E-state index is -1.60. The molecule has 0 saturated heterocycles. The molecule has 1 rings (SSSR count). The van der Waals surface area contributed by atoms with E-state index in [2.05, 4.69) is 13.8 Å². The predicted molar refractivity (Wildman–Crippen MR) is 151 cm³/mol. The molecule has 0 saturated carbocycles. The number of hydrogen-bond acceptors (Lipinski definition) is 4. The van der Waals surface area contributed by atoms with Crippen molar-refractivity contribution in [2.45, 2.75) is 148 Å². The number of carbonyl (C=O) groups excluding carboxylic acids is 2. The molecular weight excluding hydrogens is 464 g/mol. The Morgan fingerprint density at radius 2 is 1.16 bits per heavy atom. The number of unbranched alkanes of at least 4 members (excludes halogenated alkanes) is 14. The highest BCUT2D eigenvalue weighted by atomic mass is 16.6. The molecule has 5 heteroatoms. The van der Waals surface area contributed by atoms with Crippen LogP contribution in [0.5, 0.6) is 0 Å². The van der Waals surface area contributed by atoms with Crippen molar-refractivity contribution in [2.24, 2.45) is 0 Å². The average Bonchev–Trinajstić information content (AvgIpc) is 2.90. The summed E-state index contributed by atoms with van der Waals surface area (Å²) in [5, 5.41) is 9.65. The fraction of sp³-hybridized carbons (Fsp3) is 0.719. The van der Waals surface area contributed by atoms with E-state index < -0.39 is 23.3 Å². The average molecular weight is 517 g/mol. The maximum Gasteiger partial charge on any atom is 0.376 e. The van der Waals surface area contributed by atoms with Crippen molar-refractivity contribution in [3.8, 4) is 0 Å². The molecule has 37 heavy (non-hydrogen) atoms. The van der Waals surface area contributed by atoms with Crippen LogP contribution in [0.1, 0.15) is 141 Å². The molecule has 0 aliphatic carbocycles. The molecule has 0 heterocycles. The topological polar surface area (TPSA) is 80.7 Å². The molecule has 0 fully saturated rings. The van der Waals surface area contributed by atoms with E-state index in [4.69, 9.17) is 4.74 Å². The fourth-order valence-electron chi connectivity index (χ4n) is 4.90. The largest absolute Gasteiger partial charge is 0.475 e. The maximum atomic E-state index is 13.0. The molecule has 1 aromatic rings. The number of rotatable bonds is 24. The van der Waals surface area contributed by atoms with Crippen molar-refractivity contribution < 1.29 is 24.2 Å². The zero-order chi connectivity index (χ0) is 27.2. The zero-order valence-corrected chi connectivity index (χ0v) is 23.6. The molecule has 0 unspecified atom stereocenters. The van der Waals surface area contributed by atoms with Gasteiger partial charge in [-0.05, 0) is 37.7 Å². The zero-order valence-electron chi connectivity index (χ0n) is 23.6. The molecular formula is C32H52O5. The summed E-state index contributed by atoms with van der Waals surface area (Å²) >= 11 is 0. The number of benzene rings is 1. The van der Waals surface area contributed by atoms with Crippen LogP contribution in [0.15, 0.2) is 30.3 Å². The Balaban J connectivity index is 2.74. The number of aryl methyl sites for hydroxylation is 1. The SMILES string of the molecule is CCCCCCCCCCC[C@](CCc1ccccc1)(OC(=O)CCCCCCCCC)C(=O)C(=O)O. The standard InChI is InChI=1S/C32H52O5/c1-3-5-7-9-11-12-14-16-21-26-32(30(34)31(35)36,27-25-28-22-18-17-19-23-28)37-29(33)24-20-15-13-10-8-6-4-2/h17-19,22-23H,3-16,20-21,24-27H2,1-2H3,(H,35,36)/t32-/m1/s1. The minimum Gasteiger partial charge on any atom is -0.475 e. The molecule has 0 bridgehead atoms. The Kier molecular flexibility index (Phi) is 18.5. The number of hydrogen-bond donors (Lipinski definition) is 1. The van der Waals surface area contributed by atoms with Crippen LogP contribution in [-0.2, 0) is 25.5 Å². The number of Topliss-reactive ketones (excluding diaryl/α,β-unsaturated/α-hetero) is 1. The van der Waals surface area contributed by atoms with Gasteiger partial charge in [0, 0.05) is 6.42 Å². The highest BCUT2D eigenvalue weighted by molar-refractivity contribution is 6.36. The minimum absolute atomic E-state index is 0.196. The normalized spacial score (nSPS) is 12.7. The number of esters is 1. The van der Waals surface area contributed by atoms with Gasteiger partial charge in [-0.15, -0.1) is 0 Å². The van der Waals surface area contributed by atoms with Crippen molar-refractivity contribution in [1.82, 2.24) is 0 Å². The lowest BCUT2D eigenvalue weighted by molar-refractivity contribution is -0.175. The van der Waals surface area contributed by atoms with E-state index in [0.717, 1.165) is 37.7 Å². The highest BCUT2D eigenvalue weighted by Gasteiger charge is 2.45. The van der Waals surface area contributed by atoms with Crippen LogP contribution >= 0.6 is 0 Å². The lowest BCUT2D eigenvalue weighted by Crippen LogP contribution is -2.47. The summed E-state index contributed by atoms with van der Waals surface area (Å²) in [5.41, 5.74) is -0.596. The van der Waals surface area contributed by atoms with Crippen LogP contribution in [0.3, 0.4) is 0 Å². The Labute approximate surface area is 225 Å². The second-order valence-electron chi connectivity index (χ2n) is 10.5. The van der Waals surface area contributed by atoms with Gasteiger partial charge < -0.3 is 9.84 Å². The number of ether oxygens (including phenoxy) is 1. The summed E-state index contributed by atoms with van der Waals surface area (Å²) in [6.45, 7) is 4.40. The van der Waals surface area contributed by atoms with Gasteiger partial charge in [-0.25, -0.2) is 4.79 Å². The quantitative estimate of drug-likeness (QED) is 0.0845. The molecule has 210 valence electrons. The van der Waals surface area contributed by atoms with E-state index in [-0.39, 0.29) is 19.3 Å². The lowest BCUT2D eigenvalue weighted by atomic mass is 9.85. The fourth-order valence-corrected chi connectivity index (χ4v) is 4.90. The summed E-state index contributed by atoms with van der Waals surface area (Å²) in [5.74, 6) is -2.96. The van der Waals surface area contributed by atoms with Gasteiger partial charge in [-0.1, -0.05) is 134 Å². The van der Waals surface area contributed by atoms with Gasteiger partial charge in [0.1, 0.15) is 0 Å². The second-order valence-corrected chi connectivity index (χ2v) is 10.5. The Bertz CT molecular complexity index is 745. The molecule has 0 radical (unpaired) electrons. The second kappa shape index (κ2) is 20.8. The van der Waals surface area contributed by atoms with Gasteiger partial charge in [0.25, 0.3) is 5.78 Å². The molecule has 0 spiro atoms. The number of carboxylic acid groups (broad SMARTS) is 1. The third-order valence-corrected chi connectivity index (χ3v) is 7.25. The monoisotopic (exact) mass is 516 g/mol. The molecule has 1 atom stereocenters. The van der Waals surface area contributed by atoms with E-state index in [1.54, 1.807) is 0 Å². The van der Waals surface area contributed by atoms with Crippen LogP contribution in [0, 0.1) is 0 Å². The van der Waals surface area contributed by atoms with Crippen molar-refractivity contribution in [3.63, 3.8) is 0 Å². The van der Waals surface area contributed by atoms with Gasteiger partial charge in [0.05, 0.1) is 0 Å². The molecule has 5 nitrogen and oxygen atoms in total. The van der Waals surface area contributed by atoms with E-state index in [1.165, 1.54) is 57.8 Å². The van der Waals surface area contributed by atoms with E-state index in [0.29, 0.717) is 19.3 Å². The molecule has 1 aromatic carbocycles. The molecule has 0 amide bonds. The van der Waals surface area contributed by atoms with Crippen molar-refractivity contribution in [1.29, 1.82) is 0 Å². The van der Waals surface area contributed by atoms with Crippen molar-refractivity contribution >= 4 is 17.7 Å². The van der Waals surface area contributed by atoms with E-state index >= 15 is 0 Å². The first-order valence-corrected chi connectivity index (χ1v) is 15.0. The molecule has 1 N–H and O–H groups in total. The van der Waals surface area contributed by atoms with Crippen LogP contribution in [0.4, 0.5) is 0 Å². The number of carbonyl (C=O) groups is 3. The Hall–Kier alpha value is -2.17. The third kappa shape index (κ3) is 15.0. The summed E-state index contributed by atoms with van der Waals surface area (Å²) in [4.78, 5) is 37.7. The highest BCUT2D eigenvalue weighted by Crippen LogP contribution is 2.29. The van der Waals surface area contributed by atoms with Gasteiger partial charge in [-0.3, -0.25) is 9.59 Å². The van der Waals surface area contributed by atoms with Gasteiger partial charge in [0.15, 0.2) is 5.60 Å². The number of ketones is 1. The molecule has 0 aliphatic heterocycles. The first-order valence-electron chi connectivity index (χ1n) is 15.0. The number of aliphatic carboxylic acids is 1. The van der Waals surface area contributed by atoms with Crippen LogP contribution < -0.4 is 0 Å². The summed E-state index contributed by atoms with van der Waals surface area (Å²) in [6, 6.07) is 9.67. The van der Waals surface area contributed by atoms with Gasteiger partial charge >= 0.3 is 11.9 Å². The van der Waals surface area contributed by atoms with Crippen molar-refractivity contribution in [2.75, 3.05) is 0 Å². The maximum absolute atomic E-state index is 13.0. The summed E-state index contributed by atoms with van der Waals surface area (Å²) < 4.78 is 5.83. The molecule has 0 aromatic heterocycles. The van der Waals surface area contributed by atoms with Crippen molar-refractivity contribution in [3.05, 3.63) is 35.9 Å². The van der Waals surface area contributed by atoms with Crippen LogP contribution in [-0.4, -0.2) is 28.4 Å². The lowest BCUT2D eigenvalue weighted by Gasteiger charge is -2.31. The Morgan fingerprint density at radius 3 is 1.68 bits per heavy atom. The third-order valence-electron chi connectivity index (χ3n) is 7.25. The van der Waals surface area contributed by atoms with Gasteiger partial charge in [-0.2, -0.15) is 0 Å². The molecule has 0 aliphatic rings. The van der Waals surface area contributed by atoms with Crippen LogP contribution in [0.2, 0.25) is 0 Å². The van der Waals surface area contributed by atoms with Crippen LogP contribution in [0.25, 0.3) is 0 Å². The summed E-state index contributed by atoms with van der Waals surface area (Å²) in [7, 11) is 0. The first-order chi connectivity index (χ1) is 17.9. The first kappa shape index (κ1) is 32.9. The van der Waals surface area contributed by atoms with Gasteiger partial charge in [0.2, 0.25) is 0 Å². The van der Waals surface area contributed by atoms with E-state index in [9.17, 15) is 19.5 Å².